The number of anilines is 1. The Morgan fingerprint density at radius 3 is 2.32 bits per heavy atom. The number of fused-ring (bicyclic) bond motifs is 1. The van der Waals surface area contributed by atoms with Gasteiger partial charge in [-0.15, -0.1) is 11.8 Å². The molecule has 0 bridgehead atoms. The van der Waals surface area contributed by atoms with Crippen molar-refractivity contribution in [2.45, 2.75) is 22.6 Å². The molecule has 0 aliphatic carbocycles. The number of hydrogen-bond donors (Lipinski definition) is 1. The number of benzene rings is 2. The first-order valence-corrected chi connectivity index (χ1v) is 12.6. The second kappa shape index (κ2) is 9.05. The summed E-state index contributed by atoms with van der Waals surface area (Å²) in [7, 11) is -3.71. The van der Waals surface area contributed by atoms with Crippen molar-refractivity contribution >= 4 is 33.4 Å². The summed E-state index contributed by atoms with van der Waals surface area (Å²) >= 11 is 1.49. The van der Waals surface area contributed by atoms with Gasteiger partial charge in [-0.2, -0.15) is 4.31 Å². The lowest BCUT2D eigenvalue weighted by Gasteiger charge is -2.30. The number of sulfonamides is 1. The van der Waals surface area contributed by atoms with Crippen molar-refractivity contribution in [3.8, 4) is 11.5 Å². The summed E-state index contributed by atoms with van der Waals surface area (Å²) in [5, 5.41) is 2.97. The highest BCUT2D eigenvalue weighted by Crippen LogP contribution is 2.39. The minimum absolute atomic E-state index is 0.0534. The predicted molar refractivity (Wildman–Crippen MR) is 116 cm³/mol. The molecular weight excluding hydrogens is 443 g/mol. The van der Waals surface area contributed by atoms with E-state index in [1.807, 2.05) is 12.3 Å². The van der Waals surface area contributed by atoms with E-state index in [1.54, 1.807) is 6.07 Å². The molecule has 2 aliphatic rings. The number of ether oxygens (including phenoxy) is 2. The molecule has 1 amide bonds. The molecule has 7 nitrogen and oxygen atoms in total. The van der Waals surface area contributed by atoms with Crippen LogP contribution in [0, 0.1) is 11.7 Å². The van der Waals surface area contributed by atoms with E-state index in [0.29, 0.717) is 43.2 Å². The van der Waals surface area contributed by atoms with Gasteiger partial charge >= 0.3 is 0 Å². The summed E-state index contributed by atoms with van der Waals surface area (Å²) < 4.78 is 51.2. The molecule has 0 spiro atoms. The van der Waals surface area contributed by atoms with Crippen LogP contribution in [0.5, 0.6) is 11.5 Å². The van der Waals surface area contributed by atoms with E-state index in [-0.39, 0.29) is 29.8 Å². The van der Waals surface area contributed by atoms with Crippen molar-refractivity contribution in [2.24, 2.45) is 5.92 Å². The average Bonchev–Trinajstić information content (AvgIpc) is 2.79. The number of nitrogens with one attached hydrogen (secondary N) is 1. The SMILES string of the molecule is CSc1cc2c(cc1NC(=O)C1CCN(S(=O)(=O)c3ccc(F)cc3)CC1)OCCO2. The summed E-state index contributed by atoms with van der Waals surface area (Å²) in [5.74, 6) is 0.318. The Bertz CT molecular complexity index is 1070. The number of carbonyl (C=O) groups excluding carboxylic acids is 1. The van der Waals surface area contributed by atoms with Gasteiger partial charge in [0, 0.05) is 30.0 Å². The topological polar surface area (TPSA) is 84.9 Å². The maximum absolute atomic E-state index is 13.1. The monoisotopic (exact) mass is 466 g/mol. The molecule has 1 fully saturated rings. The zero-order valence-corrected chi connectivity index (χ0v) is 18.6. The molecule has 166 valence electrons. The maximum atomic E-state index is 13.1. The van der Waals surface area contributed by atoms with Crippen LogP contribution in [-0.4, -0.2) is 51.2 Å². The Labute approximate surface area is 185 Å². The van der Waals surface area contributed by atoms with Gasteiger partial charge in [-0.25, -0.2) is 12.8 Å². The third kappa shape index (κ3) is 4.65. The van der Waals surface area contributed by atoms with E-state index < -0.39 is 15.8 Å². The number of hydrogen-bond acceptors (Lipinski definition) is 6. The third-order valence-corrected chi connectivity index (χ3v) is 8.09. The normalized spacial score (nSPS) is 17.4. The van der Waals surface area contributed by atoms with E-state index in [2.05, 4.69) is 5.32 Å². The Morgan fingerprint density at radius 2 is 1.71 bits per heavy atom. The Balaban J connectivity index is 1.41. The van der Waals surface area contributed by atoms with E-state index in [1.165, 1.54) is 28.2 Å². The number of carbonyl (C=O) groups is 1. The molecule has 10 heteroatoms. The zero-order valence-electron chi connectivity index (χ0n) is 17.0. The molecule has 4 rings (SSSR count). The van der Waals surface area contributed by atoms with Crippen molar-refractivity contribution in [3.63, 3.8) is 0 Å². The molecule has 2 aliphatic heterocycles. The highest BCUT2D eigenvalue weighted by Gasteiger charge is 2.32. The smallest absolute Gasteiger partial charge is 0.243 e. The number of thioether (sulfide) groups is 1. The lowest BCUT2D eigenvalue weighted by Crippen LogP contribution is -2.41. The van der Waals surface area contributed by atoms with Gasteiger partial charge in [0.05, 0.1) is 10.6 Å². The molecule has 0 radical (unpaired) electrons. The van der Waals surface area contributed by atoms with Gasteiger partial charge in [0.2, 0.25) is 15.9 Å². The molecule has 2 heterocycles. The Hall–Kier alpha value is -2.30. The van der Waals surface area contributed by atoms with Gasteiger partial charge < -0.3 is 14.8 Å². The van der Waals surface area contributed by atoms with Crippen molar-refractivity contribution in [1.29, 1.82) is 0 Å². The highest BCUT2D eigenvalue weighted by atomic mass is 32.2. The van der Waals surface area contributed by atoms with E-state index in [4.69, 9.17) is 9.47 Å². The van der Waals surface area contributed by atoms with Crippen molar-refractivity contribution in [1.82, 2.24) is 4.31 Å². The molecule has 1 saturated heterocycles. The van der Waals surface area contributed by atoms with E-state index in [9.17, 15) is 17.6 Å². The highest BCUT2D eigenvalue weighted by molar-refractivity contribution is 7.98. The summed E-state index contributed by atoms with van der Waals surface area (Å²) in [6.07, 6.45) is 2.73. The van der Waals surface area contributed by atoms with Crippen LogP contribution in [0.4, 0.5) is 10.1 Å². The van der Waals surface area contributed by atoms with Gasteiger partial charge in [0.25, 0.3) is 0 Å². The van der Waals surface area contributed by atoms with Crippen LogP contribution in [0.25, 0.3) is 0 Å². The summed E-state index contributed by atoms with van der Waals surface area (Å²) in [4.78, 5) is 13.8. The molecule has 1 N–H and O–H groups in total. The third-order valence-electron chi connectivity index (χ3n) is 5.40. The Kier molecular flexibility index (Phi) is 6.40. The van der Waals surface area contributed by atoms with Crippen molar-refractivity contribution in [2.75, 3.05) is 37.9 Å². The molecule has 2 aromatic rings. The number of halogens is 1. The second-order valence-electron chi connectivity index (χ2n) is 7.32. The summed E-state index contributed by atoms with van der Waals surface area (Å²) in [5.41, 5.74) is 0.656. The molecule has 0 saturated carbocycles. The van der Waals surface area contributed by atoms with Crippen LogP contribution in [-0.2, 0) is 14.8 Å². The first-order valence-electron chi connectivity index (χ1n) is 9.92. The predicted octanol–water partition coefficient (Wildman–Crippen LogP) is 3.36. The Morgan fingerprint density at radius 1 is 1.10 bits per heavy atom. The molecule has 0 atom stereocenters. The van der Waals surface area contributed by atoms with Crippen LogP contribution in [0.2, 0.25) is 0 Å². The van der Waals surface area contributed by atoms with Crippen molar-refractivity contribution in [3.05, 3.63) is 42.2 Å². The van der Waals surface area contributed by atoms with Gasteiger partial charge in [-0.05, 0) is 49.4 Å². The zero-order chi connectivity index (χ0) is 22.0. The van der Waals surface area contributed by atoms with Crippen LogP contribution in [0.3, 0.4) is 0 Å². The largest absolute Gasteiger partial charge is 0.486 e. The number of rotatable bonds is 5. The summed E-state index contributed by atoms with van der Waals surface area (Å²) in [6.45, 7) is 1.41. The number of piperidine rings is 1. The fourth-order valence-corrected chi connectivity index (χ4v) is 5.71. The molecule has 0 aromatic heterocycles. The van der Waals surface area contributed by atoms with Crippen LogP contribution < -0.4 is 14.8 Å². The first kappa shape index (κ1) is 21.9. The molecule has 31 heavy (non-hydrogen) atoms. The van der Waals surface area contributed by atoms with Gasteiger partial charge in [0.1, 0.15) is 19.0 Å². The molecule has 2 aromatic carbocycles. The van der Waals surface area contributed by atoms with E-state index >= 15 is 0 Å². The average molecular weight is 467 g/mol. The van der Waals surface area contributed by atoms with Crippen molar-refractivity contribution < 1.29 is 27.1 Å². The quantitative estimate of drug-likeness (QED) is 0.681. The molecule has 0 unspecified atom stereocenters. The first-order chi connectivity index (χ1) is 14.9. The van der Waals surface area contributed by atoms with E-state index in [0.717, 1.165) is 17.0 Å². The van der Waals surface area contributed by atoms with Crippen LogP contribution in [0.15, 0.2) is 46.2 Å². The standard InChI is InChI=1S/C21H23FN2O5S2/c1-30-20-13-19-18(28-10-11-29-19)12-17(20)23-21(25)14-6-8-24(9-7-14)31(26,27)16-4-2-15(22)3-5-16/h2-5,12-14H,6-11H2,1H3,(H,23,25). The minimum Gasteiger partial charge on any atom is -0.486 e. The fourth-order valence-electron chi connectivity index (χ4n) is 3.69. The lowest BCUT2D eigenvalue weighted by molar-refractivity contribution is -0.120. The maximum Gasteiger partial charge on any atom is 0.243 e. The molecular formula is C21H23FN2O5S2. The van der Waals surface area contributed by atoms with Gasteiger partial charge in [-0.3, -0.25) is 4.79 Å². The lowest BCUT2D eigenvalue weighted by atomic mass is 9.97. The second-order valence-corrected chi connectivity index (χ2v) is 10.1. The fraction of sp³-hybridized carbons (Fsp3) is 0.381. The number of amides is 1. The number of nitrogens with zero attached hydrogens (tertiary/aromatic N) is 1. The van der Waals surface area contributed by atoms with Gasteiger partial charge in [-0.1, -0.05) is 0 Å². The van der Waals surface area contributed by atoms with Gasteiger partial charge in [0.15, 0.2) is 11.5 Å². The van der Waals surface area contributed by atoms with Crippen LogP contribution >= 0.6 is 11.8 Å². The summed E-state index contributed by atoms with van der Waals surface area (Å²) in [6, 6.07) is 8.40. The minimum atomic E-state index is -3.71. The van der Waals surface area contributed by atoms with Crippen LogP contribution in [0.1, 0.15) is 12.8 Å².